The first-order valence-corrected chi connectivity index (χ1v) is 6.39. The van der Waals surface area contributed by atoms with Crippen molar-refractivity contribution in [2.75, 3.05) is 23.7 Å². The molecule has 3 N–H and O–H groups in total. The molecule has 1 heterocycles. The molecule has 1 aromatic rings. The van der Waals surface area contributed by atoms with E-state index in [1.165, 1.54) is 6.92 Å². The molecule has 0 saturated carbocycles. The molecule has 0 aliphatic carbocycles. The second-order valence-electron chi connectivity index (χ2n) is 5.20. The monoisotopic (exact) mass is 261 g/mol. The molecule has 2 rings (SSSR count). The van der Waals surface area contributed by atoms with E-state index in [1.807, 2.05) is 13.0 Å². The van der Waals surface area contributed by atoms with Crippen molar-refractivity contribution in [3.8, 4) is 0 Å². The number of anilines is 2. The molecular weight excluding hydrogens is 242 g/mol. The van der Waals surface area contributed by atoms with Gasteiger partial charge in [0.2, 0.25) is 11.8 Å². The van der Waals surface area contributed by atoms with Gasteiger partial charge in [-0.3, -0.25) is 9.59 Å². The van der Waals surface area contributed by atoms with Crippen LogP contribution in [0.3, 0.4) is 0 Å². The number of carbonyl (C=O) groups is 2. The molecule has 0 aromatic heterocycles. The van der Waals surface area contributed by atoms with Gasteiger partial charge in [0, 0.05) is 24.8 Å². The van der Waals surface area contributed by atoms with E-state index in [0.717, 1.165) is 13.0 Å². The van der Waals surface area contributed by atoms with E-state index >= 15 is 0 Å². The molecule has 102 valence electrons. The summed E-state index contributed by atoms with van der Waals surface area (Å²) < 4.78 is 0. The Labute approximate surface area is 112 Å². The van der Waals surface area contributed by atoms with Gasteiger partial charge in [-0.2, -0.15) is 0 Å². The van der Waals surface area contributed by atoms with Crippen LogP contribution in [0.15, 0.2) is 24.3 Å². The maximum atomic E-state index is 12.2. The molecule has 1 aromatic carbocycles. The molecule has 1 fully saturated rings. The highest BCUT2D eigenvalue weighted by Crippen LogP contribution is 2.27. The van der Waals surface area contributed by atoms with Gasteiger partial charge in [-0.1, -0.05) is 6.07 Å². The third kappa shape index (κ3) is 3.32. The molecule has 0 spiro atoms. The minimum Gasteiger partial charge on any atom is -0.326 e. The van der Waals surface area contributed by atoms with Crippen molar-refractivity contribution < 1.29 is 9.59 Å². The maximum absolute atomic E-state index is 12.2. The molecule has 1 atom stereocenters. The summed E-state index contributed by atoms with van der Waals surface area (Å²) in [4.78, 5) is 23.2. The Bertz CT molecular complexity index is 493. The lowest BCUT2D eigenvalue weighted by Crippen LogP contribution is -2.35. The highest BCUT2D eigenvalue weighted by Gasteiger charge is 2.36. The zero-order valence-corrected chi connectivity index (χ0v) is 11.2. The molecule has 5 heteroatoms. The number of hydrogen-bond donors (Lipinski definition) is 3. The van der Waals surface area contributed by atoms with Crippen molar-refractivity contribution >= 4 is 23.2 Å². The summed E-state index contributed by atoms with van der Waals surface area (Å²) in [5.41, 5.74) is 1.02. The maximum Gasteiger partial charge on any atom is 0.231 e. The van der Waals surface area contributed by atoms with Crippen molar-refractivity contribution in [3.05, 3.63) is 24.3 Å². The van der Waals surface area contributed by atoms with E-state index in [4.69, 9.17) is 0 Å². The molecule has 2 amide bonds. The number of amides is 2. The van der Waals surface area contributed by atoms with Gasteiger partial charge < -0.3 is 16.0 Å². The standard InChI is InChI=1S/C14H19N3O2/c1-10(18)16-11-4-3-5-12(8-11)17-13(19)14(2)6-7-15-9-14/h3-5,8,15H,6-7,9H2,1-2H3,(H,16,18)(H,17,19). The number of hydrogen-bond acceptors (Lipinski definition) is 3. The first-order valence-electron chi connectivity index (χ1n) is 6.39. The molecule has 0 radical (unpaired) electrons. The van der Waals surface area contributed by atoms with E-state index < -0.39 is 0 Å². The van der Waals surface area contributed by atoms with Crippen LogP contribution < -0.4 is 16.0 Å². The zero-order valence-electron chi connectivity index (χ0n) is 11.2. The van der Waals surface area contributed by atoms with Crippen LogP contribution in [-0.4, -0.2) is 24.9 Å². The van der Waals surface area contributed by atoms with Crippen LogP contribution >= 0.6 is 0 Å². The molecule has 19 heavy (non-hydrogen) atoms. The molecule has 1 aliphatic heterocycles. The lowest BCUT2D eigenvalue weighted by Gasteiger charge is -2.21. The van der Waals surface area contributed by atoms with Crippen LogP contribution in [0, 0.1) is 5.41 Å². The first kappa shape index (κ1) is 13.5. The van der Waals surface area contributed by atoms with Crippen LogP contribution in [0.4, 0.5) is 11.4 Å². The van der Waals surface area contributed by atoms with E-state index in [0.29, 0.717) is 17.9 Å². The van der Waals surface area contributed by atoms with Gasteiger partial charge in [0.15, 0.2) is 0 Å². The number of carbonyl (C=O) groups excluding carboxylic acids is 2. The Hall–Kier alpha value is -1.88. The fourth-order valence-electron chi connectivity index (χ4n) is 2.17. The number of benzene rings is 1. The largest absolute Gasteiger partial charge is 0.326 e. The molecule has 1 unspecified atom stereocenters. The lowest BCUT2D eigenvalue weighted by molar-refractivity contribution is -0.123. The normalized spacial score (nSPS) is 22.0. The third-order valence-corrected chi connectivity index (χ3v) is 3.36. The van der Waals surface area contributed by atoms with Crippen LogP contribution in [0.25, 0.3) is 0 Å². The average molecular weight is 261 g/mol. The van der Waals surface area contributed by atoms with Crippen molar-refractivity contribution in [2.45, 2.75) is 20.3 Å². The fraction of sp³-hybridized carbons (Fsp3) is 0.429. The Kier molecular flexibility index (Phi) is 3.85. The van der Waals surface area contributed by atoms with Crippen molar-refractivity contribution in [1.82, 2.24) is 5.32 Å². The third-order valence-electron chi connectivity index (χ3n) is 3.36. The Balaban J connectivity index is 2.06. The number of nitrogens with one attached hydrogen (secondary N) is 3. The smallest absolute Gasteiger partial charge is 0.231 e. The zero-order chi connectivity index (χ0) is 13.9. The van der Waals surface area contributed by atoms with Crippen molar-refractivity contribution in [3.63, 3.8) is 0 Å². The highest BCUT2D eigenvalue weighted by atomic mass is 16.2. The van der Waals surface area contributed by atoms with Gasteiger partial charge in [-0.05, 0) is 38.1 Å². The second-order valence-corrected chi connectivity index (χ2v) is 5.20. The fourth-order valence-corrected chi connectivity index (χ4v) is 2.17. The minimum absolute atomic E-state index is 0.0116. The van der Waals surface area contributed by atoms with Crippen molar-refractivity contribution in [1.29, 1.82) is 0 Å². The topological polar surface area (TPSA) is 70.2 Å². The van der Waals surface area contributed by atoms with Gasteiger partial charge in [-0.15, -0.1) is 0 Å². The highest BCUT2D eigenvalue weighted by molar-refractivity contribution is 5.96. The summed E-state index contributed by atoms with van der Waals surface area (Å²) in [5.74, 6) is -0.118. The number of rotatable bonds is 3. The quantitative estimate of drug-likeness (QED) is 0.773. The predicted molar refractivity (Wildman–Crippen MR) is 75.0 cm³/mol. The Morgan fingerprint density at radius 3 is 2.53 bits per heavy atom. The Morgan fingerprint density at radius 2 is 1.95 bits per heavy atom. The van der Waals surface area contributed by atoms with Gasteiger partial charge in [0.1, 0.15) is 0 Å². The van der Waals surface area contributed by atoms with Crippen molar-refractivity contribution in [2.24, 2.45) is 5.41 Å². The molecule has 5 nitrogen and oxygen atoms in total. The summed E-state index contributed by atoms with van der Waals surface area (Å²) in [6, 6.07) is 7.16. The Morgan fingerprint density at radius 1 is 1.26 bits per heavy atom. The van der Waals surface area contributed by atoms with Gasteiger partial charge in [0.05, 0.1) is 5.41 Å². The van der Waals surface area contributed by atoms with Crippen LogP contribution in [0.2, 0.25) is 0 Å². The first-order chi connectivity index (χ1) is 8.99. The minimum atomic E-state index is -0.357. The average Bonchev–Trinajstić information content (AvgIpc) is 2.77. The summed E-state index contributed by atoms with van der Waals surface area (Å²) >= 11 is 0. The second kappa shape index (κ2) is 5.40. The van der Waals surface area contributed by atoms with Crippen LogP contribution in [-0.2, 0) is 9.59 Å². The van der Waals surface area contributed by atoms with Gasteiger partial charge in [-0.25, -0.2) is 0 Å². The van der Waals surface area contributed by atoms with Crippen LogP contribution in [0.1, 0.15) is 20.3 Å². The van der Waals surface area contributed by atoms with E-state index in [-0.39, 0.29) is 17.2 Å². The van der Waals surface area contributed by atoms with Gasteiger partial charge >= 0.3 is 0 Å². The predicted octanol–water partition coefficient (Wildman–Crippen LogP) is 1.58. The molecule has 1 aliphatic rings. The lowest BCUT2D eigenvalue weighted by atomic mass is 9.89. The molecule has 0 bridgehead atoms. The summed E-state index contributed by atoms with van der Waals surface area (Å²) in [7, 11) is 0. The van der Waals surface area contributed by atoms with Gasteiger partial charge in [0.25, 0.3) is 0 Å². The summed E-state index contributed by atoms with van der Waals surface area (Å²) in [6.07, 6.45) is 0.838. The molecule has 1 saturated heterocycles. The van der Waals surface area contributed by atoms with Crippen LogP contribution in [0.5, 0.6) is 0 Å². The summed E-state index contributed by atoms with van der Waals surface area (Å²) in [6.45, 7) is 4.98. The van der Waals surface area contributed by atoms with E-state index in [9.17, 15) is 9.59 Å². The van der Waals surface area contributed by atoms with E-state index in [1.54, 1.807) is 18.2 Å². The molecular formula is C14H19N3O2. The van der Waals surface area contributed by atoms with E-state index in [2.05, 4.69) is 16.0 Å². The SMILES string of the molecule is CC(=O)Nc1cccc(NC(=O)C2(C)CCNC2)c1. The summed E-state index contributed by atoms with van der Waals surface area (Å²) in [5, 5.41) is 8.80.